The SMILES string of the molecule is CC1CC2C3CCCCC3C3CCCCC3C2C1B(c1ccccc1)C1C(C)CC2C3CCCCC3C3CCCCC3C21. The summed E-state index contributed by atoms with van der Waals surface area (Å²) < 4.78 is 0. The van der Waals surface area contributed by atoms with Crippen molar-refractivity contribution in [3.63, 3.8) is 0 Å². The molecule has 0 aliphatic heterocycles. The summed E-state index contributed by atoms with van der Waals surface area (Å²) >= 11 is 0. The summed E-state index contributed by atoms with van der Waals surface area (Å²) in [6.45, 7) is 6.39. The summed E-state index contributed by atoms with van der Waals surface area (Å²) in [5.74, 6) is 16.5. The predicted molar refractivity (Wildman–Crippen MR) is 183 cm³/mol. The molecule has 234 valence electrons. The minimum atomic E-state index is 0.821. The molecule has 0 amide bonds. The van der Waals surface area contributed by atoms with Crippen LogP contribution in [0.2, 0.25) is 11.6 Å². The molecule has 8 aliphatic carbocycles. The summed E-state index contributed by atoms with van der Waals surface area (Å²) in [4.78, 5) is 0. The Hall–Kier alpha value is -0.715. The molecule has 1 aromatic rings. The van der Waals surface area contributed by atoms with Crippen molar-refractivity contribution in [2.45, 2.75) is 141 Å². The third kappa shape index (κ3) is 4.48. The second kappa shape index (κ2) is 11.5. The van der Waals surface area contributed by atoms with Crippen LogP contribution in [0.1, 0.15) is 129 Å². The minimum absolute atomic E-state index is 0.821. The van der Waals surface area contributed by atoms with Crippen molar-refractivity contribution in [2.75, 3.05) is 0 Å². The van der Waals surface area contributed by atoms with Crippen LogP contribution in [0, 0.1) is 82.9 Å². The fraction of sp³-hybridized carbons (Fsp3) is 0.857. The molecule has 0 heterocycles. The molecule has 0 nitrogen and oxygen atoms in total. The van der Waals surface area contributed by atoms with Crippen LogP contribution in [0.4, 0.5) is 0 Å². The average molecular weight is 579 g/mol. The first-order valence-corrected chi connectivity index (χ1v) is 20.3. The molecule has 43 heavy (non-hydrogen) atoms. The molecule has 0 spiro atoms. The summed E-state index contributed by atoms with van der Waals surface area (Å²) in [6.07, 6.45) is 28.2. The highest BCUT2D eigenvalue weighted by Gasteiger charge is 2.64. The van der Waals surface area contributed by atoms with Crippen LogP contribution < -0.4 is 5.46 Å². The van der Waals surface area contributed by atoms with Crippen molar-refractivity contribution >= 4 is 12.2 Å². The van der Waals surface area contributed by atoms with Crippen molar-refractivity contribution < 1.29 is 0 Å². The van der Waals surface area contributed by atoms with Crippen LogP contribution in [0.5, 0.6) is 0 Å². The van der Waals surface area contributed by atoms with E-state index < -0.39 is 0 Å². The lowest BCUT2D eigenvalue weighted by Crippen LogP contribution is -2.54. The fourth-order valence-corrected chi connectivity index (χ4v) is 16.4. The van der Waals surface area contributed by atoms with Crippen LogP contribution in [0.25, 0.3) is 0 Å². The molecule has 0 bridgehead atoms. The van der Waals surface area contributed by atoms with Gasteiger partial charge in [0.25, 0.3) is 0 Å². The van der Waals surface area contributed by atoms with Crippen molar-refractivity contribution in [1.82, 2.24) is 0 Å². The predicted octanol–water partition coefficient (Wildman–Crippen LogP) is 10.9. The van der Waals surface area contributed by atoms with Gasteiger partial charge in [0.2, 0.25) is 0 Å². The van der Waals surface area contributed by atoms with Crippen molar-refractivity contribution in [3.8, 4) is 0 Å². The Morgan fingerprint density at radius 3 is 1.14 bits per heavy atom. The van der Waals surface area contributed by atoms with Crippen LogP contribution in [0.3, 0.4) is 0 Å². The van der Waals surface area contributed by atoms with Gasteiger partial charge >= 0.3 is 0 Å². The first-order chi connectivity index (χ1) is 21.2. The Morgan fingerprint density at radius 2 is 0.744 bits per heavy atom. The highest BCUT2D eigenvalue weighted by atomic mass is 14.6. The number of hydrogen-bond donors (Lipinski definition) is 0. The van der Waals surface area contributed by atoms with E-state index in [1.807, 2.05) is 0 Å². The molecule has 8 fully saturated rings. The van der Waals surface area contributed by atoms with E-state index in [0.29, 0.717) is 0 Å². The third-order valence-corrected chi connectivity index (χ3v) is 17.2. The highest BCUT2D eigenvalue weighted by Crippen LogP contribution is 2.70. The number of benzene rings is 1. The molecule has 0 aromatic heterocycles. The van der Waals surface area contributed by atoms with E-state index in [9.17, 15) is 0 Å². The fourth-order valence-electron chi connectivity index (χ4n) is 16.4. The topological polar surface area (TPSA) is 0 Å². The Kier molecular flexibility index (Phi) is 7.63. The van der Waals surface area contributed by atoms with Crippen LogP contribution in [-0.4, -0.2) is 6.71 Å². The first-order valence-electron chi connectivity index (χ1n) is 20.3. The van der Waals surface area contributed by atoms with Gasteiger partial charge in [-0.1, -0.05) is 113 Å². The maximum atomic E-state index is 2.78. The molecule has 0 N–H and O–H groups in total. The number of fused-ring (bicyclic) bond motifs is 12. The van der Waals surface area contributed by atoms with Crippen LogP contribution in [-0.2, 0) is 0 Å². The molecule has 8 saturated carbocycles. The molecule has 9 rings (SSSR count). The van der Waals surface area contributed by atoms with Gasteiger partial charge in [0.05, 0.1) is 0 Å². The van der Waals surface area contributed by atoms with Crippen LogP contribution in [0.15, 0.2) is 30.3 Å². The van der Waals surface area contributed by atoms with E-state index in [1.165, 1.54) is 25.7 Å². The van der Waals surface area contributed by atoms with Gasteiger partial charge in [-0.2, -0.15) is 0 Å². The normalized spacial score (nSPS) is 52.1. The highest BCUT2D eigenvalue weighted by molar-refractivity contribution is 6.76. The lowest BCUT2D eigenvalue weighted by Gasteiger charge is -2.57. The summed E-state index contributed by atoms with van der Waals surface area (Å²) in [5.41, 5.74) is 1.79. The number of rotatable bonds is 3. The molecular weight excluding hydrogens is 515 g/mol. The maximum absolute atomic E-state index is 2.78. The van der Waals surface area contributed by atoms with Gasteiger partial charge in [-0.3, -0.25) is 0 Å². The first kappa shape index (κ1) is 28.5. The van der Waals surface area contributed by atoms with Gasteiger partial charge in [-0.25, -0.2) is 0 Å². The van der Waals surface area contributed by atoms with Gasteiger partial charge in [0.1, 0.15) is 0 Å². The lowest BCUT2D eigenvalue weighted by molar-refractivity contribution is -0.0516. The smallest absolute Gasteiger partial charge is 0.0794 e. The third-order valence-electron chi connectivity index (χ3n) is 17.2. The molecule has 0 radical (unpaired) electrons. The molecule has 0 saturated heterocycles. The monoisotopic (exact) mass is 579 g/mol. The van der Waals surface area contributed by atoms with E-state index >= 15 is 0 Å². The van der Waals surface area contributed by atoms with Crippen molar-refractivity contribution in [3.05, 3.63) is 30.3 Å². The van der Waals surface area contributed by atoms with E-state index in [4.69, 9.17) is 0 Å². The van der Waals surface area contributed by atoms with Gasteiger partial charge in [-0.15, -0.1) is 0 Å². The summed E-state index contributed by atoms with van der Waals surface area (Å²) in [6, 6.07) is 12.5. The van der Waals surface area contributed by atoms with Gasteiger partial charge in [-0.05, 0) is 147 Å². The second-order valence-electron chi connectivity index (χ2n) is 18.4. The number of hydrogen-bond acceptors (Lipinski definition) is 0. The van der Waals surface area contributed by atoms with E-state index in [1.54, 1.807) is 95.4 Å². The van der Waals surface area contributed by atoms with Gasteiger partial charge < -0.3 is 0 Å². The summed E-state index contributed by atoms with van der Waals surface area (Å²) in [5, 5.41) is 0. The quantitative estimate of drug-likeness (QED) is 0.313. The zero-order valence-electron chi connectivity index (χ0n) is 27.9. The Balaban J connectivity index is 1.14. The molecule has 1 heteroatoms. The van der Waals surface area contributed by atoms with Crippen molar-refractivity contribution in [1.29, 1.82) is 0 Å². The zero-order valence-corrected chi connectivity index (χ0v) is 27.9. The van der Waals surface area contributed by atoms with E-state index in [2.05, 4.69) is 44.2 Å². The van der Waals surface area contributed by atoms with E-state index in [-0.39, 0.29) is 0 Å². The summed E-state index contributed by atoms with van der Waals surface area (Å²) in [7, 11) is 0. The standard InChI is InChI=1S/C42H63B/c1-26-24-37-33-20-8-6-16-29(33)31-18-10-12-22-35(31)39(37)41(26)43(28-14-4-3-5-15-28)42-27(2)25-38-34-21-9-7-17-30(34)32-19-11-13-23-36(32)40(38)42/h3-5,14-15,26-27,29-42H,6-13,16-25H2,1-2H3. The van der Waals surface area contributed by atoms with Gasteiger partial charge in [0, 0.05) is 0 Å². The zero-order chi connectivity index (χ0) is 28.7. The van der Waals surface area contributed by atoms with Crippen LogP contribution >= 0.6 is 0 Å². The second-order valence-corrected chi connectivity index (χ2v) is 18.4. The lowest BCUT2D eigenvalue weighted by atomic mass is 9.23. The average Bonchev–Trinajstić information content (AvgIpc) is 3.59. The Morgan fingerprint density at radius 1 is 0.419 bits per heavy atom. The molecule has 8 aliphatic rings. The minimum Gasteiger partial charge on any atom is -0.0794 e. The Labute approximate surface area is 265 Å². The Bertz CT molecular complexity index is 1020. The van der Waals surface area contributed by atoms with Gasteiger partial charge in [0.15, 0.2) is 6.71 Å². The molecule has 16 atom stereocenters. The molecular formula is C42H63B. The molecule has 16 unspecified atom stereocenters. The largest absolute Gasteiger partial charge is 0.183 e. The molecule has 1 aromatic carbocycles. The maximum Gasteiger partial charge on any atom is 0.183 e. The van der Waals surface area contributed by atoms with E-state index in [0.717, 1.165) is 101 Å². The van der Waals surface area contributed by atoms with Crippen molar-refractivity contribution in [2.24, 2.45) is 82.9 Å².